The molecule has 0 saturated heterocycles. The van der Waals surface area contributed by atoms with Gasteiger partial charge >= 0.3 is 0 Å². The number of hydrazine groups is 1. The lowest BCUT2D eigenvalue weighted by Crippen LogP contribution is -2.43. The second-order valence-electron chi connectivity index (χ2n) is 4.82. The number of benzene rings is 1. The fourth-order valence-corrected chi connectivity index (χ4v) is 1.47. The van der Waals surface area contributed by atoms with Gasteiger partial charge in [0.05, 0.1) is 0 Å². The summed E-state index contributed by atoms with van der Waals surface area (Å²) in [4.78, 5) is 22.8. The largest absolute Gasteiger partial charge is 0.483 e. The van der Waals surface area contributed by atoms with Gasteiger partial charge in [0.15, 0.2) is 6.61 Å². The lowest BCUT2D eigenvalue weighted by molar-refractivity contribution is -0.128. The van der Waals surface area contributed by atoms with Crippen molar-refractivity contribution < 1.29 is 14.3 Å². The van der Waals surface area contributed by atoms with Crippen molar-refractivity contribution >= 4 is 11.8 Å². The quantitative estimate of drug-likeness (QED) is 0.651. The molecule has 0 fully saturated rings. The third kappa shape index (κ3) is 5.56. The molecule has 0 saturated carbocycles. The highest BCUT2D eigenvalue weighted by Gasteiger charge is 2.06. The SMILES string of the molecule is CC(C)=CC(=O)NNC(=O)COc1cc(C)ccc1C. The van der Waals surface area contributed by atoms with Crippen LogP contribution in [0.3, 0.4) is 0 Å². The molecule has 0 atom stereocenters. The van der Waals surface area contributed by atoms with Crippen molar-refractivity contribution in [3.05, 3.63) is 41.0 Å². The second kappa shape index (κ2) is 7.33. The summed E-state index contributed by atoms with van der Waals surface area (Å²) in [6.45, 7) is 7.30. The van der Waals surface area contributed by atoms with E-state index in [0.29, 0.717) is 5.75 Å². The molecular formula is C15H20N2O3. The van der Waals surface area contributed by atoms with Gasteiger partial charge in [-0.25, -0.2) is 0 Å². The number of carbonyl (C=O) groups is 2. The second-order valence-corrected chi connectivity index (χ2v) is 4.82. The standard InChI is InChI=1S/C15H20N2O3/c1-10(2)7-14(18)16-17-15(19)9-20-13-8-11(3)5-6-12(13)4/h5-8H,9H2,1-4H3,(H,16,18)(H,17,19). The molecule has 0 aliphatic rings. The van der Waals surface area contributed by atoms with Gasteiger partial charge < -0.3 is 4.74 Å². The number of hydrogen-bond acceptors (Lipinski definition) is 3. The minimum atomic E-state index is -0.415. The molecular weight excluding hydrogens is 256 g/mol. The molecule has 0 aliphatic heterocycles. The van der Waals surface area contributed by atoms with Crippen LogP contribution >= 0.6 is 0 Å². The first-order valence-electron chi connectivity index (χ1n) is 6.32. The van der Waals surface area contributed by atoms with Crippen molar-refractivity contribution in [2.24, 2.45) is 0 Å². The zero-order chi connectivity index (χ0) is 15.1. The summed E-state index contributed by atoms with van der Waals surface area (Å²) in [6, 6.07) is 5.77. The molecule has 1 aromatic rings. The Kier molecular flexibility index (Phi) is 5.77. The first kappa shape index (κ1) is 15.8. The Morgan fingerprint density at radius 3 is 2.55 bits per heavy atom. The topological polar surface area (TPSA) is 67.4 Å². The molecule has 5 nitrogen and oxygen atoms in total. The number of amides is 2. The van der Waals surface area contributed by atoms with Gasteiger partial charge in [0, 0.05) is 6.08 Å². The molecule has 0 aromatic heterocycles. The highest BCUT2D eigenvalue weighted by Crippen LogP contribution is 2.18. The first-order chi connectivity index (χ1) is 9.38. The molecule has 108 valence electrons. The number of hydrogen-bond donors (Lipinski definition) is 2. The minimum Gasteiger partial charge on any atom is -0.483 e. The Morgan fingerprint density at radius 1 is 1.20 bits per heavy atom. The maximum Gasteiger partial charge on any atom is 0.276 e. The van der Waals surface area contributed by atoms with Crippen LogP contribution in [0.15, 0.2) is 29.8 Å². The third-order valence-electron chi connectivity index (χ3n) is 2.45. The fraction of sp³-hybridized carbons (Fsp3) is 0.333. The zero-order valence-electron chi connectivity index (χ0n) is 12.2. The van der Waals surface area contributed by atoms with E-state index in [1.807, 2.05) is 32.0 Å². The molecule has 0 radical (unpaired) electrons. The smallest absolute Gasteiger partial charge is 0.276 e. The van der Waals surface area contributed by atoms with Gasteiger partial charge in [-0.2, -0.15) is 0 Å². The Labute approximate surface area is 119 Å². The molecule has 2 N–H and O–H groups in total. The highest BCUT2D eigenvalue weighted by molar-refractivity contribution is 5.90. The Morgan fingerprint density at radius 2 is 1.90 bits per heavy atom. The average Bonchev–Trinajstić information content (AvgIpc) is 2.36. The van der Waals surface area contributed by atoms with Crippen LogP contribution in [0, 0.1) is 13.8 Å². The Hall–Kier alpha value is -2.30. The van der Waals surface area contributed by atoms with Crippen LogP contribution in [0.5, 0.6) is 5.75 Å². The summed E-state index contributed by atoms with van der Waals surface area (Å²) in [5.74, 6) is -0.123. The van der Waals surface area contributed by atoms with Crippen molar-refractivity contribution in [2.45, 2.75) is 27.7 Å². The zero-order valence-corrected chi connectivity index (χ0v) is 12.2. The summed E-state index contributed by atoms with van der Waals surface area (Å²) in [7, 11) is 0. The van der Waals surface area contributed by atoms with Crippen molar-refractivity contribution in [1.29, 1.82) is 0 Å². The molecule has 0 bridgehead atoms. The maximum absolute atomic E-state index is 11.5. The number of carbonyl (C=O) groups excluding carboxylic acids is 2. The fourth-order valence-electron chi connectivity index (χ4n) is 1.47. The third-order valence-corrected chi connectivity index (χ3v) is 2.45. The average molecular weight is 276 g/mol. The summed E-state index contributed by atoms with van der Waals surface area (Å²) >= 11 is 0. The van der Waals surface area contributed by atoms with E-state index in [0.717, 1.165) is 16.7 Å². The lowest BCUT2D eigenvalue weighted by Gasteiger charge is -2.10. The predicted molar refractivity (Wildman–Crippen MR) is 77.1 cm³/mol. The normalized spacial score (nSPS) is 9.60. The van der Waals surface area contributed by atoms with Gasteiger partial charge in [-0.05, 0) is 44.9 Å². The van der Waals surface area contributed by atoms with Crippen LogP contribution in [-0.4, -0.2) is 18.4 Å². The van der Waals surface area contributed by atoms with E-state index >= 15 is 0 Å². The van der Waals surface area contributed by atoms with Gasteiger partial charge in [0.1, 0.15) is 5.75 Å². The number of ether oxygens (including phenoxy) is 1. The van der Waals surface area contributed by atoms with Crippen LogP contribution in [-0.2, 0) is 9.59 Å². The summed E-state index contributed by atoms with van der Waals surface area (Å²) < 4.78 is 5.41. The van der Waals surface area contributed by atoms with Gasteiger partial charge in [-0.1, -0.05) is 17.7 Å². The predicted octanol–water partition coefficient (Wildman–Crippen LogP) is 1.80. The van der Waals surface area contributed by atoms with Gasteiger partial charge in [-0.3, -0.25) is 20.4 Å². The molecule has 20 heavy (non-hydrogen) atoms. The van der Waals surface area contributed by atoms with Gasteiger partial charge in [0.2, 0.25) is 0 Å². The van der Waals surface area contributed by atoms with Crippen LogP contribution < -0.4 is 15.6 Å². The van der Waals surface area contributed by atoms with Gasteiger partial charge in [0.25, 0.3) is 11.8 Å². The number of rotatable bonds is 4. The van der Waals surface area contributed by atoms with Crippen LogP contribution in [0.25, 0.3) is 0 Å². The van der Waals surface area contributed by atoms with E-state index in [1.165, 1.54) is 6.08 Å². The van der Waals surface area contributed by atoms with Crippen molar-refractivity contribution in [2.75, 3.05) is 6.61 Å². The monoisotopic (exact) mass is 276 g/mol. The van der Waals surface area contributed by atoms with E-state index in [4.69, 9.17) is 4.74 Å². The number of nitrogens with one attached hydrogen (secondary N) is 2. The van der Waals surface area contributed by atoms with Crippen LogP contribution in [0.2, 0.25) is 0 Å². The number of allylic oxidation sites excluding steroid dienone is 1. The van der Waals surface area contributed by atoms with E-state index in [2.05, 4.69) is 10.9 Å². The van der Waals surface area contributed by atoms with Crippen LogP contribution in [0.4, 0.5) is 0 Å². The van der Waals surface area contributed by atoms with E-state index in [1.54, 1.807) is 13.8 Å². The molecule has 5 heteroatoms. The van der Waals surface area contributed by atoms with Gasteiger partial charge in [-0.15, -0.1) is 0 Å². The van der Waals surface area contributed by atoms with E-state index in [-0.39, 0.29) is 12.5 Å². The molecule has 0 heterocycles. The van der Waals surface area contributed by atoms with Crippen LogP contribution in [0.1, 0.15) is 25.0 Å². The Balaban J connectivity index is 2.42. The minimum absolute atomic E-state index is 0.153. The summed E-state index contributed by atoms with van der Waals surface area (Å²) in [5, 5.41) is 0. The molecule has 0 aliphatic carbocycles. The van der Waals surface area contributed by atoms with E-state index < -0.39 is 5.91 Å². The Bertz CT molecular complexity index is 532. The first-order valence-corrected chi connectivity index (χ1v) is 6.32. The molecule has 0 spiro atoms. The molecule has 1 aromatic carbocycles. The van der Waals surface area contributed by atoms with Crippen molar-refractivity contribution in [3.8, 4) is 5.75 Å². The van der Waals surface area contributed by atoms with Crippen molar-refractivity contribution in [1.82, 2.24) is 10.9 Å². The highest BCUT2D eigenvalue weighted by atomic mass is 16.5. The molecule has 0 unspecified atom stereocenters. The van der Waals surface area contributed by atoms with E-state index in [9.17, 15) is 9.59 Å². The lowest BCUT2D eigenvalue weighted by atomic mass is 10.1. The summed E-state index contributed by atoms with van der Waals surface area (Å²) in [5.41, 5.74) is 7.43. The molecule has 2 amide bonds. The molecule has 1 rings (SSSR count). The number of aryl methyl sites for hydroxylation is 2. The maximum atomic E-state index is 11.5. The van der Waals surface area contributed by atoms with Crippen molar-refractivity contribution in [3.63, 3.8) is 0 Å². The summed E-state index contributed by atoms with van der Waals surface area (Å²) in [6.07, 6.45) is 1.39.